The number of nitrogens with zero attached hydrogens (tertiary/aromatic N) is 2. The van der Waals surface area contributed by atoms with Crippen LogP contribution in [0.4, 0.5) is 20.4 Å². The number of carbonyl (C=O) groups is 1. The molecule has 9 heteroatoms. The van der Waals surface area contributed by atoms with Crippen molar-refractivity contribution in [1.82, 2.24) is 4.98 Å². The summed E-state index contributed by atoms with van der Waals surface area (Å²) in [7, 11) is 0. The fourth-order valence-corrected chi connectivity index (χ4v) is 1.29. The number of ether oxygens (including phenoxy) is 1. The molecule has 0 saturated heterocycles. The highest BCUT2D eigenvalue weighted by Crippen LogP contribution is 2.32. The van der Waals surface area contributed by atoms with Crippen molar-refractivity contribution in [1.29, 1.82) is 0 Å². The van der Waals surface area contributed by atoms with Crippen LogP contribution in [0.2, 0.25) is 0 Å². The second-order valence-corrected chi connectivity index (χ2v) is 3.11. The Kier molecular flexibility index (Phi) is 4.08. The number of alkyl halides is 2. The van der Waals surface area contributed by atoms with Gasteiger partial charge in [-0.15, -0.1) is 0 Å². The van der Waals surface area contributed by atoms with Crippen molar-refractivity contribution in [3.8, 4) is 0 Å². The van der Waals surface area contributed by atoms with Gasteiger partial charge in [-0.3, -0.25) is 0 Å². The summed E-state index contributed by atoms with van der Waals surface area (Å²) >= 11 is 0. The van der Waals surface area contributed by atoms with Crippen molar-refractivity contribution < 1.29 is 23.2 Å². The first-order chi connectivity index (χ1) is 8.38. The van der Waals surface area contributed by atoms with Gasteiger partial charge in [-0.05, 0) is 16.8 Å². The maximum atomic E-state index is 12.8. The van der Waals surface area contributed by atoms with E-state index in [9.17, 15) is 23.7 Å². The van der Waals surface area contributed by atoms with Crippen molar-refractivity contribution in [3.63, 3.8) is 0 Å². The van der Waals surface area contributed by atoms with Gasteiger partial charge in [-0.25, -0.2) is 13.6 Å². The normalized spacial score (nSPS) is 10.4. The number of nitro groups is 1. The number of aromatic nitrogens is 1. The lowest BCUT2D eigenvalue weighted by atomic mass is 10.1. The Hall–Kier alpha value is -2.32. The Morgan fingerprint density at radius 3 is 2.72 bits per heavy atom. The quantitative estimate of drug-likeness (QED) is 0.501. The van der Waals surface area contributed by atoms with E-state index < -0.39 is 40.1 Å². The van der Waals surface area contributed by atoms with Crippen molar-refractivity contribution >= 4 is 17.6 Å². The Balaban J connectivity index is 3.48. The molecule has 98 valence electrons. The van der Waals surface area contributed by atoms with Crippen LogP contribution in [0.1, 0.15) is 29.3 Å². The summed E-state index contributed by atoms with van der Waals surface area (Å²) in [6, 6.07) is 0.826. The summed E-state index contributed by atoms with van der Waals surface area (Å²) in [5.74, 6) is -2.66. The van der Waals surface area contributed by atoms with E-state index in [1.807, 2.05) is 0 Å². The highest BCUT2D eigenvalue weighted by Gasteiger charge is 2.32. The molecule has 1 aromatic rings. The molecule has 0 radical (unpaired) electrons. The number of halogens is 2. The molecule has 0 fully saturated rings. The molecule has 0 saturated carbocycles. The molecule has 0 aliphatic rings. The molecule has 7 nitrogen and oxygen atoms in total. The molecule has 18 heavy (non-hydrogen) atoms. The van der Waals surface area contributed by atoms with Gasteiger partial charge in [0.15, 0.2) is 0 Å². The molecule has 0 aliphatic carbocycles. The number of hydrogen-bond donors (Lipinski definition) is 1. The van der Waals surface area contributed by atoms with Crippen molar-refractivity contribution in [2.24, 2.45) is 0 Å². The van der Waals surface area contributed by atoms with Gasteiger partial charge < -0.3 is 20.6 Å². The number of carbonyl (C=O) groups excluding carboxylic acids is 1. The first-order valence-electron chi connectivity index (χ1n) is 4.78. The Morgan fingerprint density at radius 2 is 2.28 bits per heavy atom. The van der Waals surface area contributed by atoms with Crippen LogP contribution in [0.3, 0.4) is 0 Å². The summed E-state index contributed by atoms with van der Waals surface area (Å²) < 4.78 is 30.1. The minimum Gasteiger partial charge on any atom is -0.462 e. The van der Waals surface area contributed by atoms with E-state index in [4.69, 9.17) is 5.73 Å². The standard InChI is InChI=1S/C9H9F2N3O4/c1-2-18-9(15)4-3-5(12)13-8(14(16)17)6(4)7(10)11/h3,7H,2H2,1H3,(H2,12,13). The second kappa shape index (κ2) is 5.34. The SMILES string of the molecule is CCOC(=O)c1cc(N)nc([N+](=O)[O-])c1C(F)F. The third-order valence-corrected chi connectivity index (χ3v) is 1.94. The lowest BCUT2D eigenvalue weighted by Crippen LogP contribution is -2.13. The van der Waals surface area contributed by atoms with Gasteiger partial charge >= 0.3 is 11.8 Å². The summed E-state index contributed by atoms with van der Waals surface area (Å²) in [6.45, 7) is 1.41. The van der Waals surface area contributed by atoms with Crippen LogP contribution in [0, 0.1) is 10.1 Å². The van der Waals surface area contributed by atoms with Crippen molar-refractivity contribution in [2.45, 2.75) is 13.3 Å². The van der Waals surface area contributed by atoms with E-state index in [2.05, 4.69) is 9.72 Å². The number of nitrogen functional groups attached to an aromatic ring is 1. The molecule has 1 aromatic heterocycles. The lowest BCUT2D eigenvalue weighted by molar-refractivity contribution is -0.390. The molecule has 0 amide bonds. The molecule has 0 aromatic carbocycles. The molecule has 0 spiro atoms. The number of hydrogen-bond acceptors (Lipinski definition) is 6. The van der Waals surface area contributed by atoms with Gasteiger partial charge in [0.2, 0.25) is 5.82 Å². The maximum absolute atomic E-state index is 12.8. The molecular weight excluding hydrogens is 252 g/mol. The van der Waals surface area contributed by atoms with Crippen molar-refractivity contribution in [2.75, 3.05) is 12.3 Å². The van der Waals surface area contributed by atoms with Gasteiger partial charge in [0.1, 0.15) is 5.56 Å². The lowest BCUT2D eigenvalue weighted by Gasteiger charge is -2.08. The smallest absolute Gasteiger partial charge is 0.375 e. The predicted molar refractivity (Wildman–Crippen MR) is 56.2 cm³/mol. The number of rotatable bonds is 4. The zero-order valence-corrected chi connectivity index (χ0v) is 9.22. The molecule has 1 heterocycles. The van der Waals surface area contributed by atoms with Crippen LogP contribution >= 0.6 is 0 Å². The summed E-state index contributed by atoms with van der Waals surface area (Å²) in [6.07, 6.45) is -3.24. The zero-order valence-electron chi connectivity index (χ0n) is 9.22. The zero-order chi connectivity index (χ0) is 13.9. The second-order valence-electron chi connectivity index (χ2n) is 3.11. The fraction of sp³-hybridized carbons (Fsp3) is 0.333. The largest absolute Gasteiger partial charge is 0.462 e. The number of pyridine rings is 1. The highest BCUT2D eigenvalue weighted by molar-refractivity contribution is 5.93. The first kappa shape index (κ1) is 13.7. The molecule has 0 bridgehead atoms. The Bertz CT molecular complexity index is 493. The Morgan fingerprint density at radius 1 is 1.67 bits per heavy atom. The average Bonchev–Trinajstić information content (AvgIpc) is 2.27. The van der Waals surface area contributed by atoms with E-state index in [1.54, 1.807) is 0 Å². The van der Waals surface area contributed by atoms with Gasteiger partial charge in [0.05, 0.1) is 12.2 Å². The summed E-state index contributed by atoms with van der Waals surface area (Å²) in [5.41, 5.74) is 3.49. The third-order valence-electron chi connectivity index (χ3n) is 1.94. The summed E-state index contributed by atoms with van der Waals surface area (Å²) in [4.78, 5) is 24.1. The van der Waals surface area contributed by atoms with E-state index in [0.29, 0.717) is 0 Å². The third kappa shape index (κ3) is 2.67. The van der Waals surface area contributed by atoms with Crippen LogP contribution in [0.15, 0.2) is 6.07 Å². The molecule has 0 unspecified atom stereocenters. The highest BCUT2D eigenvalue weighted by atomic mass is 19.3. The molecular formula is C9H9F2N3O4. The van der Waals surface area contributed by atoms with E-state index >= 15 is 0 Å². The van der Waals surface area contributed by atoms with E-state index in [1.165, 1.54) is 6.92 Å². The number of nitrogens with two attached hydrogens (primary N) is 1. The van der Waals surface area contributed by atoms with Crippen LogP contribution in [-0.2, 0) is 4.74 Å². The van der Waals surface area contributed by atoms with Gasteiger partial charge in [-0.1, -0.05) is 0 Å². The van der Waals surface area contributed by atoms with Gasteiger partial charge in [0, 0.05) is 6.07 Å². The van der Waals surface area contributed by atoms with E-state index in [-0.39, 0.29) is 6.61 Å². The molecule has 2 N–H and O–H groups in total. The number of anilines is 1. The summed E-state index contributed by atoms with van der Waals surface area (Å²) in [5, 5.41) is 10.6. The topological polar surface area (TPSA) is 108 Å². The van der Waals surface area contributed by atoms with Gasteiger partial charge in [0.25, 0.3) is 6.43 Å². The molecule has 0 atom stereocenters. The van der Waals surface area contributed by atoms with Crippen LogP contribution in [0.25, 0.3) is 0 Å². The monoisotopic (exact) mass is 261 g/mol. The minimum atomic E-state index is -3.24. The van der Waals surface area contributed by atoms with Crippen LogP contribution in [0.5, 0.6) is 0 Å². The van der Waals surface area contributed by atoms with Gasteiger partial charge in [-0.2, -0.15) is 0 Å². The van der Waals surface area contributed by atoms with Crippen molar-refractivity contribution in [3.05, 3.63) is 27.3 Å². The van der Waals surface area contributed by atoms with Crippen LogP contribution in [-0.4, -0.2) is 22.5 Å². The van der Waals surface area contributed by atoms with Crippen LogP contribution < -0.4 is 5.73 Å². The molecule has 0 aliphatic heterocycles. The predicted octanol–water partition coefficient (Wildman–Crippen LogP) is 1.69. The Labute approximate surface area is 99.7 Å². The average molecular weight is 261 g/mol. The van der Waals surface area contributed by atoms with E-state index in [0.717, 1.165) is 6.07 Å². The fourth-order valence-electron chi connectivity index (χ4n) is 1.29. The first-order valence-corrected chi connectivity index (χ1v) is 4.78. The maximum Gasteiger partial charge on any atom is 0.375 e. The molecule has 1 rings (SSSR count). The minimum absolute atomic E-state index is 0.0580. The number of esters is 1.